The zero-order valence-electron chi connectivity index (χ0n) is 39.1. The second-order valence-corrected chi connectivity index (χ2v) is 17.2. The van der Waals surface area contributed by atoms with E-state index in [9.17, 15) is 19.2 Å². The number of benzene rings is 4. The molecule has 0 spiro atoms. The van der Waals surface area contributed by atoms with E-state index in [1.165, 1.54) is 19.7 Å². The molecule has 0 aliphatic carbocycles. The Balaban J connectivity index is 0.000000176. The molecule has 4 aromatic heterocycles. The maximum atomic E-state index is 14.3. The minimum atomic E-state index is -0.741. The van der Waals surface area contributed by atoms with Crippen LogP contribution in [-0.4, -0.2) is 111 Å². The Morgan fingerprint density at radius 3 is 2.29 bits per heavy atom. The number of urea groups is 1. The Hall–Kier alpha value is -8.63. The second kappa shape index (κ2) is 22.0. The van der Waals surface area contributed by atoms with E-state index in [1.54, 1.807) is 35.1 Å². The largest absolute Gasteiger partial charge is 0.497 e. The zero-order chi connectivity index (χ0) is 51.1. The quantitative estimate of drug-likeness (QED) is 0.135. The number of anilines is 1. The lowest BCUT2D eigenvalue weighted by Gasteiger charge is -2.36. The number of hydrogen-bond donors (Lipinski definition) is 4. The normalized spacial score (nSPS) is 15.3. The van der Waals surface area contributed by atoms with Crippen molar-refractivity contribution < 1.29 is 28.6 Å². The molecule has 1 fully saturated rings. The number of H-pyrrole nitrogens is 1. The molecule has 4 aromatic carbocycles. The number of nitrogens with zero attached hydrogens (tertiary/aromatic N) is 11. The smallest absolute Gasteiger partial charge is 0.352 e. The van der Waals surface area contributed by atoms with Crippen molar-refractivity contribution in [2.45, 2.75) is 38.6 Å². The minimum absolute atomic E-state index is 0.0421. The van der Waals surface area contributed by atoms with Gasteiger partial charge in [0, 0.05) is 36.2 Å². The summed E-state index contributed by atoms with van der Waals surface area (Å²) in [5.41, 5.74) is 14.8. The second-order valence-electron chi connectivity index (χ2n) is 16.3. The van der Waals surface area contributed by atoms with E-state index in [4.69, 9.17) is 53.9 Å². The van der Waals surface area contributed by atoms with Gasteiger partial charge in [-0.1, -0.05) is 83.0 Å². The Morgan fingerprint density at radius 2 is 1.62 bits per heavy atom. The van der Waals surface area contributed by atoms with Gasteiger partial charge in [-0.15, -0.1) is 5.10 Å². The van der Waals surface area contributed by atoms with Gasteiger partial charge in [0.2, 0.25) is 17.7 Å². The van der Waals surface area contributed by atoms with Crippen LogP contribution in [0.25, 0.3) is 16.8 Å². The number of ether oxygens (including phenoxy) is 3. The van der Waals surface area contributed by atoms with Crippen molar-refractivity contribution in [3.8, 4) is 17.4 Å². The molecule has 72 heavy (non-hydrogen) atoms. The number of fused-ring (bicyclic) bond motifs is 2. The summed E-state index contributed by atoms with van der Waals surface area (Å²) in [5.74, 6) is 1.21. The van der Waals surface area contributed by atoms with Crippen LogP contribution >= 0.6 is 23.2 Å². The number of nitrogens with two attached hydrogens (primary N) is 2. The number of rotatable bonds is 10. The molecule has 8 aromatic rings. The van der Waals surface area contributed by atoms with Crippen LogP contribution in [0.2, 0.25) is 10.0 Å². The van der Waals surface area contributed by atoms with E-state index >= 15 is 0 Å². The summed E-state index contributed by atoms with van der Waals surface area (Å²) < 4.78 is 19.4. The van der Waals surface area contributed by atoms with Gasteiger partial charge in [-0.05, 0) is 66.9 Å². The number of aromatic amines is 1. The fraction of sp³-hybridized carbons (Fsp3) is 0.229. The number of nitrogens with one attached hydrogen (secondary N) is 2. The average Bonchev–Trinajstić information content (AvgIpc) is 4.14. The molecule has 1 saturated heterocycles. The maximum Gasteiger partial charge on any atom is 0.352 e. The first-order chi connectivity index (χ1) is 34.7. The molecular weight excluding hydrogens is 970 g/mol. The van der Waals surface area contributed by atoms with Crippen molar-refractivity contribution >= 4 is 69.6 Å². The van der Waals surface area contributed by atoms with Gasteiger partial charge in [0.15, 0.2) is 17.0 Å². The topological polar surface area (TPSA) is 281 Å². The minimum Gasteiger partial charge on any atom is -0.497 e. The van der Waals surface area contributed by atoms with Crippen LogP contribution in [0.4, 0.5) is 10.7 Å². The summed E-state index contributed by atoms with van der Waals surface area (Å²) in [6.45, 7) is 5.00. The van der Waals surface area contributed by atoms with Crippen molar-refractivity contribution in [3.05, 3.63) is 158 Å². The summed E-state index contributed by atoms with van der Waals surface area (Å²) in [4.78, 5) is 76.0. The van der Waals surface area contributed by atoms with E-state index in [-0.39, 0.29) is 41.9 Å². The fourth-order valence-electron chi connectivity index (χ4n) is 7.68. The highest BCUT2D eigenvalue weighted by molar-refractivity contribution is 6.30. The number of amidine groups is 1. The number of aromatic nitrogens is 9. The predicted octanol–water partition coefficient (Wildman–Crippen LogP) is 5.32. The first-order valence-corrected chi connectivity index (χ1v) is 22.9. The summed E-state index contributed by atoms with van der Waals surface area (Å²) in [5, 5.41) is 11.1. The van der Waals surface area contributed by atoms with Gasteiger partial charge < -0.3 is 40.9 Å². The van der Waals surface area contributed by atoms with Crippen LogP contribution in [0.1, 0.15) is 58.7 Å². The molecule has 6 N–H and O–H groups in total. The molecule has 24 heteroatoms. The molecule has 0 unspecified atom stereocenters. The fourth-order valence-corrected chi connectivity index (χ4v) is 7.93. The van der Waals surface area contributed by atoms with E-state index in [1.807, 2.05) is 92.7 Å². The van der Waals surface area contributed by atoms with E-state index in [0.717, 1.165) is 25.8 Å². The molecule has 0 saturated carbocycles. The Kier molecular flexibility index (Phi) is 15.2. The van der Waals surface area contributed by atoms with Crippen molar-refractivity contribution in [2.24, 2.45) is 17.8 Å². The summed E-state index contributed by atoms with van der Waals surface area (Å²) >= 11 is 12.5. The number of methoxy groups -OCH3 is 1. The number of aryl methyl sites for hydroxylation is 1. The van der Waals surface area contributed by atoms with Crippen LogP contribution in [0, 0.1) is 0 Å². The van der Waals surface area contributed by atoms with Gasteiger partial charge in [0.25, 0.3) is 5.91 Å². The number of nitrogen functional groups attached to an aromatic ring is 1. The van der Waals surface area contributed by atoms with Crippen LogP contribution in [0.3, 0.4) is 0 Å². The van der Waals surface area contributed by atoms with Gasteiger partial charge in [0.05, 0.1) is 31.1 Å². The van der Waals surface area contributed by atoms with Crippen LogP contribution < -0.4 is 36.7 Å². The maximum absolute atomic E-state index is 14.3. The van der Waals surface area contributed by atoms with Gasteiger partial charge in [-0.3, -0.25) is 19.5 Å². The zero-order valence-corrected chi connectivity index (χ0v) is 40.7. The number of halogens is 2. The number of aliphatic imine (C=N–C) groups is 1. The summed E-state index contributed by atoms with van der Waals surface area (Å²) in [6, 6.07) is 28.8. The average molecular weight is 1020 g/mol. The third-order valence-corrected chi connectivity index (χ3v) is 11.5. The Bertz CT molecular complexity index is 3330. The molecule has 10 rings (SSSR count). The lowest BCUT2D eigenvalue weighted by Crippen LogP contribution is -2.55. The van der Waals surface area contributed by atoms with E-state index < -0.39 is 23.7 Å². The third kappa shape index (κ3) is 11.2. The standard InChI is InChI=1S/C30H30Cl2N4O4.C12H11N5O.C6H6N6O2/c1-18(2)40-25-16-23(39-3)12-13-24(25)29-34-27(19-4-8-21(31)9-5-19)28(20-6-10-22(32)11-7-20)36(29)30(38)35-15-14-33-26(37)17-35;13-12-16-10-9(14-7-15-10)11(17-12)18-6-8-4-2-1-3-5-8;1-11-6(14)12-2-8-3(4(7)13)5(12)9-10-11/h4-13,16,18,27-28H,14-15,17H2,1-3H3,(H,33,37);1-5,7H,6H2,(H3,13,14,15,16,17);2H,1H3,(H2,7,13)/t27-,28+;;/m1../s1. The lowest BCUT2D eigenvalue weighted by molar-refractivity contribution is -0.123. The monoisotopic (exact) mass is 1020 g/mol. The molecule has 0 bridgehead atoms. The van der Waals surface area contributed by atoms with E-state index in [2.05, 4.69) is 40.5 Å². The number of hydrogen-bond acceptors (Lipinski definition) is 15. The van der Waals surface area contributed by atoms with Crippen molar-refractivity contribution in [3.63, 3.8) is 0 Å². The SMILES string of the molecule is COc1ccc(C2=N[C@H](c3ccc(Cl)cc3)[C@H](c3ccc(Cl)cc3)N2C(=O)N2CCNC(=O)C2)c(OC(C)C)c1.Cn1nnc2c(C(N)=O)ncn2c1=O.Nc1nc(OCc2ccccc2)c2[nH]cnc2n1. The summed E-state index contributed by atoms with van der Waals surface area (Å²) in [6.07, 6.45) is 2.59. The first-order valence-electron chi connectivity index (χ1n) is 22.2. The number of piperazine rings is 1. The van der Waals surface area contributed by atoms with Gasteiger partial charge in [-0.2, -0.15) is 14.6 Å². The van der Waals surface area contributed by atoms with Gasteiger partial charge >= 0.3 is 11.7 Å². The highest BCUT2D eigenvalue weighted by atomic mass is 35.5. The number of carbonyl (C=O) groups excluding carboxylic acids is 3. The molecule has 2 aliphatic heterocycles. The molecule has 2 atom stereocenters. The van der Waals surface area contributed by atoms with Gasteiger partial charge in [-0.25, -0.2) is 24.0 Å². The lowest BCUT2D eigenvalue weighted by atomic mass is 9.93. The molecule has 22 nitrogen and oxygen atoms in total. The van der Waals surface area contributed by atoms with Crippen molar-refractivity contribution in [2.75, 3.05) is 32.5 Å². The number of imidazole rings is 2. The Labute approximate surface area is 420 Å². The van der Waals surface area contributed by atoms with Crippen molar-refractivity contribution in [1.29, 1.82) is 0 Å². The van der Waals surface area contributed by atoms with Crippen LogP contribution in [0.5, 0.6) is 17.4 Å². The van der Waals surface area contributed by atoms with Crippen LogP contribution in [0.15, 0.2) is 120 Å². The Morgan fingerprint density at radius 1 is 0.917 bits per heavy atom. The molecular formula is C48H47Cl2N15O7. The van der Waals surface area contributed by atoms with Gasteiger partial charge in [0.1, 0.15) is 48.4 Å². The number of carbonyl (C=O) groups is 3. The highest BCUT2D eigenvalue weighted by Crippen LogP contribution is 2.46. The van der Waals surface area contributed by atoms with Crippen molar-refractivity contribution in [1.82, 2.24) is 59.4 Å². The van der Waals surface area contributed by atoms with E-state index in [0.29, 0.717) is 69.7 Å². The molecule has 6 heterocycles. The molecule has 370 valence electrons. The number of amides is 4. The van der Waals surface area contributed by atoms with Crippen LogP contribution in [-0.2, 0) is 18.4 Å². The first kappa shape index (κ1) is 49.8. The summed E-state index contributed by atoms with van der Waals surface area (Å²) in [7, 11) is 3.03. The molecule has 0 radical (unpaired) electrons. The number of primary amides is 1. The molecule has 4 amide bonds. The molecule has 2 aliphatic rings. The highest BCUT2D eigenvalue weighted by Gasteiger charge is 2.45. The predicted molar refractivity (Wildman–Crippen MR) is 267 cm³/mol. The third-order valence-electron chi connectivity index (χ3n) is 11.0.